The van der Waals surface area contributed by atoms with Crippen LogP contribution in [0.2, 0.25) is 0 Å². The molecule has 2 N–H and O–H groups in total. The van der Waals surface area contributed by atoms with Crippen molar-refractivity contribution in [3.8, 4) is 0 Å². The number of hydrogen-bond acceptors (Lipinski definition) is 4. The molecule has 0 aliphatic carbocycles. The standard InChI is InChI=1S/C7H5N3.C6H7N/c1-2-6-7(9-3-1)4-8-5-10-6;7-6-4-2-1-3-5-6/h1-5H;1-5H,7H2. The molecular formula is C13H12N4. The van der Waals surface area contributed by atoms with Crippen molar-refractivity contribution in [2.45, 2.75) is 0 Å². The van der Waals surface area contributed by atoms with Gasteiger partial charge in [0.25, 0.3) is 0 Å². The van der Waals surface area contributed by atoms with E-state index in [2.05, 4.69) is 15.0 Å². The minimum atomic E-state index is 0.822. The van der Waals surface area contributed by atoms with E-state index >= 15 is 0 Å². The molecule has 0 saturated carbocycles. The molecule has 0 saturated heterocycles. The first kappa shape index (κ1) is 11.0. The highest BCUT2D eigenvalue weighted by Gasteiger charge is 1.89. The van der Waals surface area contributed by atoms with Crippen LogP contribution in [0.1, 0.15) is 0 Å². The van der Waals surface area contributed by atoms with Gasteiger partial charge in [0.15, 0.2) is 0 Å². The third-order valence-electron chi connectivity index (χ3n) is 2.08. The lowest BCUT2D eigenvalue weighted by molar-refractivity contribution is 1.20. The van der Waals surface area contributed by atoms with E-state index in [1.54, 1.807) is 12.4 Å². The fourth-order valence-electron chi connectivity index (χ4n) is 1.27. The van der Waals surface area contributed by atoms with E-state index in [-0.39, 0.29) is 0 Å². The van der Waals surface area contributed by atoms with Gasteiger partial charge in [-0.25, -0.2) is 9.97 Å². The van der Waals surface area contributed by atoms with E-state index in [1.807, 2.05) is 42.5 Å². The highest BCUT2D eigenvalue weighted by Crippen LogP contribution is 2.02. The fraction of sp³-hybridized carbons (Fsp3) is 0. The second-order valence-electron chi connectivity index (χ2n) is 3.34. The van der Waals surface area contributed by atoms with Crippen LogP contribution in [-0.4, -0.2) is 15.0 Å². The van der Waals surface area contributed by atoms with Gasteiger partial charge in [0.1, 0.15) is 11.8 Å². The molecule has 3 aromatic rings. The van der Waals surface area contributed by atoms with Gasteiger partial charge in [-0.05, 0) is 24.3 Å². The van der Waals surface area contributed by atoms with Crippen LogP contribution in [0.5, 0.6) is 0 Å². The number of anilines is 1. The van der Waals surface area contributed by atoms with Gasteiger partial charge in [-0.2, -0.15) is 0 Å². The number of nitrogens with zero attached hydrogens (tertiary/aromatic N) is 3. The second-order valence-corrected chi connectivity index (χ2v) is 3.34. The van der Waals surface area contributed by atoms with Crippen molar-refractivity contribution in [2.75, 3.05) is 5.73 Å². The summed E-state index contributed by atoms with van der Waals surface area (Å²) in [4.78, 5) is 11.9. The minimum absolute atomic E-state index is 0.822. The lowest BCUT2D eigenvalue weighted by Crippen LogP contribution is -1.81. The van der Waals surface area contributed by atoms with Crippen LogP contribution in [0, 0.1) is 0 Å². The van der Waals surface area contributed by atoms with Crippen LogP contribution in [0.3, 0.4) is 0 Å². The number of fused-ring (bicyclic) bond motifs is 1. The van der Waals surface area contributed by atoms with Crippen LogP contribution in [0.25, 0.3) is 11.0 Å². The molecule has 2 aromatic heterocycles. The van der Waals surface area contributed by atoms with Crippen molar-refractivity contribution in [3.63, 3.8) is 0 Å². The molecule has 0 bridgehead atoms. The SMILES string of the molecule is Nc1ccccc1.c1cnc2cncnc2c1. The first-order valence-electron chi connectivity index (χ1n) is 5.17. The highest BCUT2D eigenvalue weighted by atomic mass is 14.8. The average molecular weight is 224 g/mol. The Morgan fingerprint density at radius 1 is 0.824 bits per heavy atom. The summed E-state index contributed by atoms with van der Waals surface area (Å²) in [6, 6.07) is 13.3. The Morgan fingerprint density at radius 2 is 1.65 bits per heavy atom. The number of nitrogen functional groups attached to an aromatic ring is 1. The van der Waals surface area contributed by atoms with Gasteiger partial charge in [0, 0.05) is 11.9 Å². The maximum atomic E-state index is 5.36. The molecule has 84 valence electrons. The molecule has 0 aliphatic heterocycles. The number of para-hydroxylation sites is 1. The predicted octanol–water partition coefficient (Wildman–Crippen LogP) is 2.29. The topological polar surface area (TPSA) is 64.7 Å². The lowest BCUT2D eigenvalue weighted by atomic mass is 10.3. The van der Waals surface area contributed by atoms with E-state index in [1.165, 1.54) is 6.33 Å². The summed E-state index contributed by atoms with van der Waals surface area (Å²) in [6.07, 6.45) is 4.94. The van der Waals surface area contributed by atoms with Gasteiger partial charge in [0.2, 0.25) is 0 Å². The minimum Gasteiger partial charge on any atom is -0.399 e. The summed E-state index contributed by atoms with van der Waals surface area (Å²) in [7, 11) is 0. The Hall–Kier alpha value is -2.49. The number of benzene rings is 1. The molecule has 4 nitrogen and oxygen atoms in total. The van der Waals surface area contributed by atoms with Gasteiger partial charge in [-0.15, -0.1) is 0 Å². The normalized spacial score (nSPS) is 9.41. The van der Waals surface area contributed by atoms with Gasteiger partial charge < -0.3 is 5.73 Å². The zero-order chi connectivity index (χ0) is 11.9. The number of rotatable bonds is 0. The highest BCUT2D eigenvalue weighted by molar-refractivity contribution is 5.71. The van der Waals surface area contributed by atoms with Crippen LogP contribution >= 0.6 is 0 Å². The van der Waals surface area contributed by atoms with Crippen molar-refractivity contribution >= 4 is 16.7 Å². The molecule has 17 heavy (non-hydrogen) atoms. The summed E-state index contributed by atoms with van der Waals surface area (Å²) >= 11 is 0. The van der Waals surface area contributed by atoms with Gasteiger partial charge in [-0.1, -0.05) is 18.2 Å². The number of hydrogen-bond donors (Lipinski definition) is 1. The lowest BCUT2D eigenvalue weighted by Gasteiger charge is -1.89. The molecule has 3 rings (SSSR count). The van der Waals surface area contributed by atoms with E-state index in [0.717, 1.165) is 16.7 Å². The Bertz CT molecular complexity index is 515. The van der Waals surface area contributed by atoms with Crippen molar-refractivity contribution in [2.24, 2.45) is 0 Å². The summed E-state index contributed by atoms with van der Waals surface area (Å²) in [5.74, 6) is 0. The predicted molar refractivity (Wildman–Crippen MR) is 68.2 cm³/mol. The largest absolute Gasteiger partial charge is 0.399 e. The van der Waals surface area contributed by atoms with Gasteiger partial charge in [0.05, 0.1) is 11.7 Å². The molecular weight excluding hydrogens is 212 g/mol. The molecule has 0 spiro atoms. The van der Waals surface area contributed by atoms with E-state index in [4.69, 9.17) is 5.73 Å². The molecule has 0 amide bonds. The van der Waals surface area contributed by atoms with Gasteiger partial charge in [-0.3, -0.25) is 4.98 Å². The number of pyridine rings is 1. The van der Waals surface area contributed by atoms with E-state index < -0.39 is 0 Å². The molecule has 0 fully saturated rings. The van der Waals surface area contributed by atoms with Crippen LogP contribution < -0.4 is 5.73 Å². The van der Waals surface area contributed by atoms with Crippen LogP contribution in [0.4, 0.5) is 5.69 Å². The van der Waals surface area contributed by atoms with Crippen LogP contribution in [-0.2, 0) is 0 Å². The quantitative estimate of drug-likeness (QED) is 0.595. The van der Waals surface area contributed by atoms with E-state index in [0.29, 0.717) is 0 Å². The third kappa shape index (κ3) is 3.24. The Morgan fingerprint density at radius 3 is 2.29 bits per heavy atom. The van der Waals surface area contributed by atoms with E-state index in [9.17, 15) is 0 Å². The van der Waals surface area contributed by atoms with Crippen molar-refractivity contribution in [3.05, 3.63) is 61.2 Å². The van der Waals surface area contributed by atoms with Crippen molar-refractivity contribution in [1.29, 1.82) is 0 Å². The summed E-state index contributed by atoms with van der Waals surface area (Å²) in [5, 5.41) is 0. The number of nitrogens with two attached hydrogens (primary N) is 1. The van der Waals surface area contributed by atoms with Crippen molar-refractivity contribution < 1.29 is 0 Å². The summed E-state index contributed by atoms with van der Waals surface area (Å²) in [5.41, 5.74) is 7.90. The zero-order valence-electron chi connectivity index (χ0n) is 9.19. The molecule has 0 aliphatic rings. The number of aromatic nitrogens is 3. The first-order valence-corrected chi connectivity index (χ1v) is 5.17. The fourth-order valence-corrected chi connectivity index (χ4v) is 1.27. The Balaban J connectivity index is 0.000000136. The third-order valence-corrected chi connectivity index (χ3v) is 2.08. The average Bonchev–Trinajstić information content (AvgIpc) is 2.41. The summed E-state index contributed by atoms with van der Waals surface area (Å²) < 4.78 is 0. The second kappa shape index (κ2) is 5.55. The summed E-state index contributed by atoms with van der Waals surface area (Å²) in [6.45, 7) is 0. The molecule has 0 radical (unpaired) electrons. The molecule has 0 atom stereocenters. The maximum Gasteiger partial charge on any atom is 0.116 e. The monoisotopic (exact) mass is 224 g/mol. The van der Waals surface area contributed by atoms with Gasteiger partial charge >= 0.3 is 0 Å². The van der Waals surface area contributed by atoms with Crippen LogP contribution in [0.15, 0.2) is 61.2 Å². The Labute approximate surface area is 99.2 Å². The molecule has 2 heterocycles. The van der Waals surface area contributed by atoms with Crippen molar-refractivity contribution in [1.82, 2.24) is 15.0 Å². The maximum absolute atomic E-state index is 5.36. The Kier molecular flexibility index (Phi) is 3.60. The smallest absolute Gasteiger partial charge is 0.116 e. The first-order chi connectivity index (χ1) is 8.36. The molecule has 0 unspecified atom stereocenters. The molecule has 4 heteroatoms. The molecule has 1 aromatic carbocycles. The zero-order valence-corrected chi connectivity index (χ0v) is 9.19.